The van der Waals surface area contributed by atoms with Gasteiger partial charge in [0.2, 0.25) is 5.91 Å². The molecule has 0 fully saturated rings. The van der Waals surface area contributed by atoms with Crippen LogP contribution in [0.1, 0.15) is 45.6 Å². The molecule has 1 N–H and O–H groups in total. The summed E-state index contributed by atoms with van der Waals surface area (Å²) in [7, 11) is 0. The van der Waals surface area contributed by atoms with Gasteiger partial charge in [0, 0.05) is 37.8 Å². The Morgan fingerprint density at radius 3 is 2.65 bits per heavy atom. The van der Waals surface area contributed by atoms with Gasteiger partial charge in [0.05, 0.1) is 5.25 Å². The molecule has 5 nitrogen and oxygen atoms in total. The van der Waals surface area contributed by atoms with E-state index < -0.39 is 0 Å². The number of carbonyl (C=O) groups is 1. The number of rotatable bonds is 10. The van der Waals surface area contributed by atoms with Gasteiger partial charge in [-0.3, -0.25) is 9.36 Å². The first-order valence-corrected chi connectivity index (χ1v) is 10.1. The van der Waals surface area contributed by atoms with Gasteiger partial charge >= 0.3 is 0 Å². The predicted molar refractivity (Wildman–Crippen MR) is 107 cm³/mol. The van der Waals surface area contributed by atoms with Crippen LogP contribution in [-0.2, 0) is 9.53 Å². The highest BCUT2D eigenvalue weighted by Crippen LogP contribution is 2.25. The van der Waals surface area contributed by atoms with Crippen molar-refractivity contribution < 1.29 is 9.53 Å². The number of nitrogens with zero attached hydrogens (tertiary/aromatic N) is 2. The van der Waals surface area contributed by atoms with Gasteiger partial charge in [-0.2, -0.15) is 0 Å². The highest BCUT2D eigenvalue weighted by atomic mass is 32.2. The number of benzene rings is 1. The van der Waals surface area contributed by atoms with E-state index in [0.717, 1.165) is 17.3 Å². The lowest BCUT2D eigenvalue weighted by atomic mass is 10.0. The normalized spacial score (nSPS) is 12.3. The Morgan fingerprint density at radius 2 is 2.00 bits per heavy atom. The van der Waals surface area contributed by atoms with E-state index in [4.69, 9.17) is 4.74 Å². The van der Waals surface area contributed by atoms with Crippen molar-refractivity contribution in [3.63, 3.8) is 0 Å². The van der Waals surface area contributed by atoms with E-state index in [1.807, 2.05) is 24.6 Å². The number of imidazole rings is 1. The SMILES string of the molecule is CCOCCCNC(=O)C(C)Sc1nccn1-c1ccc(C(C)C)cc1. The smallest absolute Gasteiger partial charge is 0.233 e. The van der Waals surface area contributed by atoms with E-state index in [-0.39, 0.29) is 11.2 Å². The third-order valence-corrected chi connectivity index (χ3v) is 5.15. The molecular weight excluding hydrogens is 346 g/mol. The molecule has 1 amide bonds. The van der Waals surface area contributed by atoms with Crippen molar-refractivity contribution in [2.24, 2.45) is 0 Å². The minimum absolute atomic E-state index is 0.0243. The van der Waals surface area contributed by atoms with E-state index >= 15 is 0 Å². The summed E-state index contributed by atoms with van der Waals surface area (Å²) in [6.07, 6.45) is 4.53. The molecule has 0 saturated carbocycles. The highest BCUT2D eigenvalue weighted by Gasteiger charge is 2.17. The fourth-order valence-corrected chi connectivity index (χ4v) is 3.39. The quantitative estimate of drug-likeness (QED) is 0.503. The number of ether oxygens (including phenoxy) is 1. The maximum Gasteiger partial charge on any atom is 0.233 e. The average molecular weight is 376 g/mol. The summed E-state index contributed by atoms with van der Waals surface area (Å²) in [5.74, 6) is 0.531. The van der Waals surface area contributed by atoms with Crippen molar-refractivity contribution in [3.8, 4) is 5.69 Å². The number of nitrogens with one attached hydrogen (secondary N) is 1. The molecule has 6 heteroatoms. The Hall–Kier alpha value is -1.79. The summed E-state index contributed by atoms with van der Waals surface area (Å²) in [5.41, 5.74) is 2.36. The Bertz CT molecular complexity index is 683. The Labute approximate surface area is 160 Å². The van der Waals surface area contributed by atoms with Gasteiger partial charge < -0.3 is 10.1 Å². The molecule has 0 aliphatic rings. The summed E-state index contributed by atoms with van der Waals surface area (Å²) in [6.45, 7) is 10.3. The number of carbonyl (C=O) groups excluding carboxylic acids is 1. The van der Waals surface area contributed by atoms with Crippen LogP contribution in [0.4, 0.5) is 0 Å². The molecule has 0 bridgehead atoms. The van der Waals surface area contributed by atoms with Crippen LogP contribution in [0.15, 0.2) is 41.8 Å². The molecule has 2 rings (SSSR count). The molecule has 1 unspecified atom stereocenters. The number of hydrogen-bond donors (Lipinski definition) is 1. The van der Waals surface area contributed by atoms with Gasteiger partial charge in [0.25, 0.3) is 0 Å². The van der Waals surface area contributed by atoms with Gasteiger partial charge in [0.1, 0.15) is 0 Å². The number of thioether (sulfide) groups is 1. The number of amides is 1. The predicted octanol–water partition coefficient (Wildman–Crippen LogP) is 4.02. The standard InChI is InChI=1S/C20H29N3O2S/c1-5-25-14-6-11-21-19(24)16(4)26-20-22-12-13-23(20)18-9-7-17(8-10-18)15(2)3/h7-10,12-13,15-16H,5-6,11,14H2,1-4H3,(H,21,24). The topological polar surface area (TPSA) is 56.1 Å². The second kappa shape index (κ2) is 10.4. The van der Waals surface area contributed by atoms with Crippen LogP contribution in [0.3, 0.4) is 0 Å². The molecule has 2 aromatic rings. The molecule has 1 aromatic carbocycles. The third-order valence-electron chi connectivity index (χ3n) is 4.06. The fourth-order valence-electron chi connectivity index (χ4n) is 2.48. The van der Waals surface area contributed by atoms with Gasteiger partial charge in [-0.15, -0.1) is 0 Å². The summed E-state index contributed by atoms with van der Waals surface area (Å²) < 4.78 is 7.30. The Kier molecular flexibility index (Phi) is 8.19. The fraction of sp³-hybridized carbons (Fsp3) is 0.500. The Morgan fingerprint density at radius 1 is 1.27 bits per heavy atom. The van der Waals surface area contributed by atoms with Gasteiger partial charge in [-0.1, -0.05) is 37.7 Å². The zero-order valence-corrected chi connectivity index (χ0v) is 16.9. The van der Waals surface area contributed by atoms with Crippen LogP contribution in [0.5, 0.6) is 0 Å². The first-order valence-electron chi connectivity index (χ1n) is 9.18. The zero-order valence-electron chi connectivity index (χ0n) is 16.1. The first-order chi connectivity index (χ1) is 12.5. The van der Waals surface area contributed by atoms with Crippen LogP contribution in [0, 0.1) is 0 Å². The lowest BCUT2D eigenvalue weighted by Gasteiger charge is -2.14. The van der Waals surface area contributed by atoms with E-state index in [1.54, 1.807) is 6.20 Å². The molecule has 1 atom stereocenters. The summed E-state index contributed by atoms with van der Waals surface area (Å²) in [4.78, 5) is 16.7. The number of aromatic nitrogens is 2. The highest BCUT2D eigenvalue weighted by molar-refractivity contribution is 8.00. The molecule has 1 aromatic heterocycles. The molecule has 0 saturated heterocycles. The number of hydrogen-bond acceptors (Lipinski definition) is 4. The largest absolute Gasteiger partial charge is 0.382 e. The van der Waals surface area contributed by atoms with Gasteiger partial charge in [-0.25, -0.2) is 4.98 Å². The van der Waals surface area contributed by atoms with E-state index in [0.29, 0.717) is 25.7 Å². The Balaban J connectivity index is 1.94. The van der Waals surface area contributed by atoms with Crippen LogP contribution in [0.2, 0.25) is 0 Å². The third kappa shape index (κ3) is 5.88. The van der Waals surface area contributed by atoms with Crippen molar-refractivity contribution >= 4 is 17.7 Å². The monoisotopic (exact) mass is 375 g/mol. The van der Waals surface area contributed by atoms with Crippen LogP contribution >= 0.6 is 11.8 Å². The summed E-state index contributed by atoms with van der Waals surface area (Å²) in [5, 5.41) is 3.56. The van der Waals surface area contributed by atoms with Crippen molar-refractivity contribution in [3.05, 3.63) is 42.2 Å². The maximum absolute atomic E-state index is 12.3. The van der Waals surface area contributed by atoms with Crippen molar-refractivity contribution in [2.45, 2.75) is 50.4 Å². The van der Waals surface area contributed by atoms with Crippen LogP contribution in [-0.4, -0.2) is 40.5 Å². The second-order valence-corrected chi connectivity index (χ2v) is 7.74. The molecule has 0 spiro atoms. The lowest BCUT2D eigenvalue weighted by Crippen LogP contribution is -2.32. The van der Waals surface area contributed by atoms with Crippen molar-refractivity contribution in [1.82, 2.24) is 14.9 Å². The minimum atomic E-state index is -0.210. The van der Waals surface area contributed by atoms with Crippen molar-refractivity contribution in [2.75, 3.05) is 19.8 Å². The van der Waals surface area contributed by atoms with E-state index in [1.165, 1.54) is 17.3 Å². The first kappa shape index (κ1) is 20.5. The average Bonchev–Trinajstić information content (AvgIpc) is 3.09. The van der Waals surface area contributed by atoms with Gasteiger partial charge in [0.15, 0.2) is 5.16 Å². The minimum Gasteiger partial charge on any atom is -0.382 e. The molecule has 0 aliphatic heterocycles. The molecule has 26 heavy (non-hydrogen) atoms. The second-order valence-electron chi connectivity index (χ2n) is 6.43. The summed E-state index contributed by atoms with van der Waals surface area (Å²) >= 11 is 1.47. The summed E-state index contributed by atoms with van der Waals surface area (Å²) in [6, 6.07) is 8.48. The molecule has 1 heterocycles. The molecule has 0 radical (unpaired) electrons. The molecule has 0 aliphatic carbocycles. The van der Waals surface area contributed by atoms with Gasteiger partial charge in [-0.05, 0) is 43.9 Å². The van der Waals surface area contributed by atoms with E-state index in [2.05, 4.69) is 48.4 Å². The van der Waals surface area contributed by atoms with Crippen LogP contribution in [0.25, 0.3) is 5.69 Å². The lowest BCUT2D eigenvalue weighted by molar-refractivity contribution is -0.120. The van der Waals surface area contributed by atoms with E-state index in [9.17, 15) is 4.79 Å². The zero-order chi connectivity index (χ0) is 18.9. The maximum atomic E-state index is 12.3. The molecule has 142 valence electrons. The molecular formula is C20H29N3O2S. The van der Waals surface area contributed by atoms with Crippen molar-refractivity contribution in [1.29, 1.82) is 0 Å². The van der Waals surface area contributed by atoms with Crippen LogP contribution < -0.4 is 5.32 Å².